The van der Waals surface area contributed by atoms with Crippen LogP contribution in [0.4, 0.5) is 0 Å². The normalized spacial score (nSPS) is 18.1. The van der Waals surface area contributed by atoms with E-state index in [1.54, 1.807) is 0 Å². The van der Waals surface area contributed by atoms with Gasteiger partial charge in [0.2, 0.25) is 11.8 Å². The fraction of sp³-hybridized carbons (Fsp3) is 0.619. The second kappa shape index (κ2) is 8.03. The summed E-state index contributed by atoms with van der Waals surface area (Å²) in [6, 6.07) is 8.77. The van der Waals surface area contributed by atoms with Crippen molar-refractivity contribution >= 4 is 11.8 Å². The molecule has 0 radical (unpaired) electrons. The van der Waals surface area contributed by atoms with Gasteiger partial charge in [-0.2, -0.15) is 0 Å². The van der Waals surface area contributed by atoms with Crippen molar-refractivity contribution in [2.45, 2.75) is 65.3 Å². The van der Waals surface area contributed by atoms with E-state index in [0.717, 1.165) is 13.0 Å². The van der Waals surface area contributed by atoms with Crippen LogP contribution in [-0.4, -0.2) is 35.8 Å². The number of amides is 2. The van der Waals surface area contributed by atoms with Crippen molar-refractivity contribution in [3.63, 3.8) is 0 Å². The van der Waals surface area contributed by atoms with E-state index in [1.807, 2.05) is 18.7 Å². The average molecular weight is 344 g/mol. The highest BCUT2D eigenvalue weighted by atomic mass is 16.2. The van der Waals surface area contributed by atoms with E-state index in [-0.39, 0.29) is 29.2 Å². The predicted molar refractivity (Wildman–Crippen MR) is 101 cm³/mol. The van der Waals surface area contributed by atoms with Crippen molar-refractivity contribution in [3.8, 4) is 0 Å². The Morgan fingerprint density at radius 2 is 1.88 bits per heavy atom. The van der Waals surface area contributed by atoms with Crippen molar-refractivity contribution in [1.82, 2.24) is 10.2 Å². The molecule has 2 amide bonds. The number of rotatable bonds is 6. The van der Waals surface area contributed by atoms with Gasteiger partial charge < -0.3 is 10.2 Å². The maximum atomic E-state index is 12.1. The first kappa shape index (κ1) is 19.5. The van der Waals surface area contributed by atoms with Gasteiger partial charge in [0.15, 0.2) is 0 Å². The van der Waals surface area contributed by atoms with E-state index in [1.165, 1.54) is 11.1 Å². The molecule has 0 aromatic heterocycles. The number of likely N-dealkylation sites (tertiary alicyclic amines) is 1. The summed E-state index contributed by atoms with van der Waals surface area (Å²) in [4.78, 5) is 25.9. The van der Waals surface area contributed by atoms with Crippen molar-refractivity contribution in [1.29, 1.82) is 0 Å². The average Bonchev–Trinajstić information content (AvgIpc) is 2.91. The lowest BCUT2D eigenvalue weighted by atomic mass is 9.86. The van der Waals surface area contributed by atoms with Gasteiger partial charge in [0.1, 0.15) is 0 Å². The van der Waals surface area contributed by atoms with Gasteiger partial charge in [0.25, 0.3) is 0 Å². The SMILES string of the molecule is CC(C)N1CC(CNC(=O)CCc2ccc(C(C)(C)C)cc2)CC1=O. The van der Waals surface area contributed by atoms with Crippen LogP contribution in [0.25, 0.3) is 0 Å². The highest BCUT2D eigenvalue weighted by Gasteiger charge is 2.31. The monoisotopic (exact) mass is 344 g/mol. The highest BCUT2D eigenvalue weighted by Crippen LogP contribution is 2.22. The van der Waals surface area contributed by atoms with Gasteiger partial charge in [-0.15, -0.1) is 0 Å². The lowest BCUT2D eigenvalue weighted by molar-refractivity contribution is -0.129. The highest BCUT2D eigenvalue weighted by molar-refractivity contribution is 5.79. The molecular weight excluding hydrogens is 312 g/mol. The third kappa shape index (κ3) is 5.58. The van der Waals surface area contributed by atoms with Crippen molar-refractivity contribution in [2.24, 2.45) is 5.92 Å². The third-order valence-electron chi connectivity index (χ3n) is 4.91. The van der Waals surface area contributed by atoms with Crippen LogP contribution in [0.5, 0.6) is 0 Å². The molecule has 1 saturated heterocycles. The summed E-state index contributed by atoms with van der Waals surface area (Å²) in [5, 5.41) is 2.99. The van der Waals surface area contributed by atoms with Crippen LogP contribution in [0.1, 0.15) is 58.6 Å². The standard InChI is InChI=1S/C21H32N2O2/c1-15(2)23-14-17(12-20(23)25)13-22-19(24)11-8-16-6-9-18(10-7-16)21(3,4)5/h6-7,9-10,15,17H,8,11-14H2,1-5H3,(H,22,24). The summed E-state index contributed by atoms with van der Waals surface area (Å²) in [6.07, 6.45) is 1.79. The molecule has 0 saturated carbocycles. The molecule has 1 aliphatic rings. The molecule has 1 fully saturated rings. The van der Waals surface area contributed by atoms with Crippen LogP contribution >= 0.6 is 0 Å². The minimum Gasteiger partial charge on any atom is -0.356 e. The van der Waals surface area contributed by atoms with Gasteiger partial charge >= 0.3 is 0 Å². The number of benzene rings is 1. The van der Waals surface area contributed by atoms with E-state index in [9.17, 15) is 9.59 Å². The molecule has 4 heteroatoms. The van der Waals surface area contributed by atoms with Gasteiger partial charge in [-0.05, 0) is 36.8 Å². The van der Waals surface area contributed by atoms with Crippen LogP contribution in [0.3, 0.4) is 0 Å². The summed E-state index contributed by atoms with van der Waals surface area (Å²) < 4.78 is 0. The Labute approximate surface area is 152 Å². The minimum absolute atomic E-state index is 0.0651. The molecule has 2 rings (SSSR count). The molecular formula is C21H32N2O2. The molecule has 1 atom stereocenters. The molecule has 1 heterocycles. The van der Waals surface area contributed by atoms with Gasteiger partial charge in [-0.3, -0.25) is 9.59 Å². The first-order valence-electron chi connectivity index (χ1n) is 9.32. The number of nitrogens with one attached hydrogen (secondary N) is 1. The fourth-order valence-corrected chi connectivity index (χ4v) is 3.22. The molecule has 4 nitrogen and oxygen atoms in total. The Balaban J connectivity index is 1.73. The number of aryl methyl sites for hydroxylation is 1. The van der Waals surface area contributed by atoms with Crippen LogP contribution in [0.2, 0.25) is 0 Å². The number of carbonyl (C=O) groups is 2. The van der Waals surface area contributed by atoms with E-state index in [4.69, 9.17) is 0 Å². The lowest BCUT2D eigenvalue weighted by Gasteiger charge is -2.21. The number of hydrogen-bond acceptors (Lipinski definition) is 2. The van der Waals surface area contributed by atoms with Crippen molar-refractivity contribution in [2.75, 3.05) is 13.1 Å². The molecule has 138 valence electrons. The molecule has 1 aliphatic heterocycles. The summed E-state index contributed by atoms with van der Waals surface area (Å²) in [5.74, 6) is 0.508. The molecule has 1 aromatic carbocycles. The van der Waals surface area contributed by atoms with Crippen LogP contribution in [0.15, 0.2) is 24.3 Å². The maximum Gasteiger partial charge on any atom is 0.223 e. The molecule has 1 unspecified atom stereocenters. The summed E-state index contributed by atoms with van der Waals surface area (Å²) in [6.45, 7) is 12.0. The zero-order chi connectivity index (χ0) is 18.6. The van der Waals surface area contributed by atoms with E-state index >= 15 is 0 Å². The van der Waals surface area contributed by atoms with Crippen molar-refractivity contribution in [3.05, 3.63) is 35.4 Å². The fourth-order valence-electron chi connectivity index (χ4n) is 3.22. The van der Waals surface area contributed by atoms with Gasteiger partial charge in [-0.1, -0.05) is 45.0 Å². The molecule has 0 spiro atoms. The Morgan fingerprint density at radius 3 is 2.40 bits per heavy atom. The second-order valence-electron chi connectivity index (χ2n) is 8.46. The molecule has 0 aliphatic carbocycles. The van der Waals surface area contributed by atoms with Gasteiger partial charge in [0, 0.05) is 37.9 Å². The van der Waals surface area contributed by atoms with Crippen molar-refractivity contribution < 1.29 is 9.59 Å². The van der Waals surface area contributed by atoms with E-state index in [0.29, 0.717) is 19.4 Å². The molecule has 25 heavy (non-hydrogen) atoms. The van der Waals surface area contributed by atoms with E-state index in [2.05, 4.69) is 50.4 Å². The summed E-state index contributed by atoms with van der Waals surface area (Å²) in [5.41, 5.74) is 2.64. The topological polar surface area (TPSA) is 49.4 Å². The maximum absolute atomic E-state index is 12.1. The summed E-state index contributed by atoms with van der Waals surface area (Å²) in [7, 11) is 0. The molecule has 1 aromatic rings. The second-order valence-corrected chi connectivity index (χ2v) is 8.46. The largest absolute Gasteiger partial charge is 0.356 e. The zero-order valence-electron chi connectivity index (χ0n) is 16.3. The molecule has 0 bridgehead atoms. The third-order valence-corrected chi connectivity index (χ3v) is 4.91. The Hall–Kier alpha value is -1.84. The minimum atomic E-state index is 0.0651. The van der Waals surface area contributed by atoms with E-state index < -0.39 is 0 Å². The number of carbonyl (C=O) groups excluding carboxylic acids is 2. The smallest absolute Gasteiger partial charge is 0.223 e. The van der Waals surface area contributed by atoms with Gasteiger partial charge in [0.05, 0.1) is 0 Å². The van der Waals surface area contributed by atoms with Crippen LogP contribution in [0, 0.1) is 5.92 Å². The van der Waals surface area contributed by atoms with Crippen LogP contribution < -0.4 is 5.32 Å². The Morgan fingerprint density at radius 1 is 1.24 bits per heavy atom. The quantitative estimate of drug-likeness (QED) is 0.861. The zero-order valence-corrected chi connectivity index (χ0v) is 16.3. The van der Waals surface area contributed by atoms with Crippen LogP contribution in [-0.2, 0) is 21.4 Å². The predicted octanol–water partition coefficient (Wildman–Crippen LogP) is 3.29. The van der Waals surface area contributed by atoms with Gasteiger partial charge in [-0.25, -0.2) is 0 Å². The number of hydrogen-bond donors (Lipinski definition) is 1. The number of nitrogens with zero attached hydrogens (tertiary/aromatic N) is 1. The first-order valence-corrected chi connectivity index (χ1v) is 9.32. The Kier molecular flexibility index (Phi) is 6.26. The Bertz CT molecular complexity index is 599. The first-order chi connectivity index (χ1) is 11.7. The molecule has 1 N–H and O–H groups in total. The lowest BCUT2D eigenvalue weighted by Crippen LogP contribution is -2.34. The summed E-state index contributed by atoms with van der Waals surface area (Å²) >= 11 is 0.